The second kappa shape index (κ2) is 14.5. The SMILES string of the molecule is C=C(CO)[C@H](CC)C1(C(OC)c2occ3c2CC[C@@H]2C[C@@H](O[Si](c4ccccc4)(c4ccccc4)C(C)(C)C)CC[C@]32C)SCCCS1. The van der Waals surface area contributed by atoms with Crippen LogP contribution in [0.5, 0.6) is 0 Å². The van der Waals surface area contributed by atoms with Gasteiger partial charge in [-0.2, -0.15) is 0 Å². The number of benzene rings is 2. The summed E-state index contributed by atoms with van der Waals surface area (Å²) in [4.78, 5) is 0. The van der Waals surface area contributed by atoms with E-state index < -0.39 is 8.32 Å². The predicted molar refractivity (Wildman–Crippen MR) is 206 cm³/mol. The summed E-state index contributed by atoms with van der Waals surface area (Å²) in [7, 11) is -0.785. The quantitative estimate of drug-likeness (QED) is 0.159. The molecule has 1 aliphatic heterocycles. The monoisotopic (exact) mass is 704 g/mol. The van der Waals surface area contributed by atoms with Crippen LogP contribution in [0.25, 0.3) is 0 Å². The number of methoxy groups -OCH3 is 1. The van der Waals surface area contributed by atoms with Gasteiger partial charge in [0.25, 0.3) is 8.32 Å². The lowest BCUT2D eigenvalue weighted by molar-refractivity contribution is 0.0544. The van der Waals surface area contributed by atoms with Gasteiger partial charge >= 0.3 is 0 Å². The molecule has 260 valence electrons. The van der Waals surface area contributed by atoms with E-state index in [-0.39, 0.29) is 39.3 Å². The number of thioether (sulfide) groups is 2. The van der Waals surface area contributed by atoms with E-state index in [9.17, 15) is 5.11 Å². The molecule has 6 rings (SSSR count). The number of fused-ring (bicyclic) bond motifs is 3. The molecule has 1 N–H and O–H groups in total. The normalized spacial score (nSPS) is 25.5. The van der Waals surface area contributed by atoms with Crippen LogP contribution in [0.2, 0.25) is 5.04 Å². The number of hydrogen-bond donors (Lipinski definition) is 1. The summed E-state index contributed by atoms with van der Waals surface area (Å²) in [6.45, 7) is 16.2. The van der Waals surface area contributed by atoms with E-state index in [0.717, 1.165) is 61.4 Å². The molecule has 1 saturated carbocycles. The summed E-state index contributed by atoms with van der Waals surface area (Å²) < 4.78 is 20.5. The first kappa shape index (κ1) is 36.1. The minimum Gasteiger partial charge on any atom is -0.466 e. The van der Waals surface area contributed by atoms with Gasteiger partial charge in [-0.05, 0) is 88.8 Å². The fourth-order valence-corrected chi connectivity index (χ4v) is 18.1. The predicted octanol–water partition coefficient (Wildman–Crippen LogP) is 9.06. The molecule has 1 saturated heterocycles. The van der Waals surface area contributed by atoms with Crippen LogP contribution in [0.4, 0.5) is 0 Å². The van der Waals surface area contributed by atoms with Crippen LogP contribution in [0.1, 0.15) is 96.1 Å². The summed E-state index contributed by atoms with van der Waals surface area (Å²) in [5.74, 6) is 3.82. The van der Waals surface area contributed by atoms with E-state index in [1.807, 2.05) is 30.6 Å². The Bertz CT molecular complexity index is 1490. The van der Waals surface area contributed by atoms with Gasteiger partial charge in [0.2, 0.25) is 0 Å². The molecule has 0 spiro atoms. The van der Waals surface area contributed by atoms with E-state index >= 15 is 0 Å². The van der Waals surface area contributed by atoms with Crippen LogP contribution in [-0.2, 0) is 21.0 Å². The van der Waals surface area contributed by atoms with Gasteiger partial charge in [0.15, 0.2) is 0 Å². The first-order valence-corrected chi connectivity index (χ1v) is 21.9. The van der Waals surface area contributed by atoms with Gasteiger partial charge in [-0.25, -0.2) is 0 Å². The smallest absolute Gasteiger partial charge is 0.261 e. The molecule has 3 aromatic rings. The number of aliphatic hydroxyl groups is 1. The van der Waals surface area contributed by atoms with Crippen molar-refractivity contribution >= 4 is 42.2 Å². The Balaban J connectivity index is 1.32. The molecule has 5 atom stereocenters. The summed E-state index contributed by atoms with van der Waals surface area (Å²) in [5, 5.41) is 12.9. The lowest BCUT2D eigenvalue weighted by atomic mass is 9.58. The average Bonchev–Trinajstić information content (AvgIpc) is 3.53. The maximum atomic E-state index is 10.2. The fourth-order valence-electron chi connectivity index (χ4n) is 9.39. The van der Waals surface area contributed by atoms with Crippen LogP contribution in [0.3, 0.4) is 0 Å². The van der Waals surface area contributed by atoms with Crippen molar-refractivity contribution in [3.63, 3.8) is 0 Å². The minimum atomic E-state index is -2.62. The summed E-state index contributed by atoms with van der Waals surface area (Å²) in [6.07, 6.45) is 9.49. The molecular weight excluding hydrogens is 649 g/mol. The molecule has 2 aliphatic carbocycles. The van der Waals surface area contributed by atoms with Crippen LogP contribution >= 0.6 is 23.5 Å². The highest BCUT2D eigenvalue weighted by atomic mass is 32.2. The van der Waals surface area contributed by atoms with E-state index in [0.29, 0.717) is 5.92 Å². The van der Waals surface area contributed by atoms with Crippen LogP contribution < -0.4 is 10.4 Å². The molecule has 2 fully saturated rings. The number of furan rings is 1. The molecule has 4 nitrogen and oxygen atoms in total. The largest absolute Gasteiger partial charge is 0.466 e. The maximum absolute atomic E-state index is 10.2. The van der Waals surface area contributed by atoms with E-state index in [1.165, 1.54) is 27.9 Å². The van der Waals surface area contributed by atoms with Crippen LogP contribution in [0, 0.1) is 11.8 Å². The van der Waals surface area contributed by atoms with Crippen LogP contribution in [0.15, 0.2) is 83.5 Å². The lowest BCUT2D eigenvalue weighted by Gasteiger charge is -2.51. The van der Waals surface area contributed by atoms with Crippen molar-refractivity contribution in [2.45, 2.75) is 106 Å². The summed E-state index contributed by atoms with van der Waals surface area (Å²) >= 11 is 3.98. The summed E-state index contributed by atoms with van der Waals surface area (Å²) in [5.41, 5.74) is 3.68. The van der Waals surface area contributed by atoms with Crippen molar-refractivity contribution in [1.29, 1.82) is 0 Å². The minimum absolute atomic E-state index is 0.00492. The third-order valence-corrected chi connectivity index (χ3v) is 20.5. The van der Waals surface area contributed by atoms with Gasteiger partial charge in [-0.3, -0.25) is 0 Å². The number of hydrogen-bond acceptors (Lipinski definition) is 6. The number of rotatable bonds is 11. The van der Waals surface area contributed by atoms with Crippen molar-refractivity contribution in [3.8, 4) is 0 Å². The second-order valence-corrected chi connectivity index (χ2v) is 22.7. The standard InChI is InChI=1S/C41H56O4S2Si/c1-8-35(29(2)27-42)41(46-24-15-25-47-41)38(43-7)37-34-21-20-30-26-31(22-23-40(30,6)36(34)28-44-37)45-48(39(3,4)5,32-16-11-9-12-17-32)33-18-13-10-14-19-33/h9-14,16-19,28,30-31,35,38,42H,2,8,15,20-27H2,1,3-7H3/t30-,31+,35+,38?,40+/m1/s1. The molecule has 0 bridgehead atoms. The highest BCUT2D eigenvalue weighted by molar-refractivity contribution is 8.18. The highest BCUT2D eigenvalue weighted by Gasteiger charge is 2.56. The molecule has 2 aromatic carbocycles. The van der Waals surface area contributed by atoms with Gasteiger partial charge in [-0.15, -0.1) is 23.5 Å². The first-order chi connectivity index (χ1) is 23.1. The Labute approximate surface area is 299 Å². The molecule has 7 heteroatoms. The molecule has 0 radical (unpaired) electrons. The van der Waals surface area contributed by atoms with Crippen molar-refractivity contribution in [2.24, 2.45) is 11.8 Å². The van der Waals surface area contributed by atoms with E-state index in [4.69, 9.17) is 13.6 Å². The van der Waals surface area contributed by atoms with Gasteiger partial charge in [0.05, 0.1) is 12.9 Å². The zero-order valence-electron chi connectivity index (χ0n) is 29.9. The van der Waals surface area contributed by atoms with Gasteiger partial charge in [-0.1, -0.05) is 102 Å². The summed E-state index contributed by atoms with van der Waals surface area (Å²) in [6, 6.07) is 22.2. The number of ether oxygens (including phenoxy) is 1. The van der Waals surface area contributed by atoms with Crippen molar-refractivity contribution in [3.05, 3.63) is 96.0 Å². The van der Waals surface area contributed by atoms with Crippen molar-refractivity contribution < 1.29 is 18.7 Å². The fraction of sp³-hybridized carbons (Fsp3) is 0.561. The van der Waals surface area contributed by atoms with Gasteiger partial charge in [0.1, 0.15) is 15.9 Å². The average molecular weight is 705 g/mol. The zero-order chi connectivity index (χ0) is 34.2. The van der Waals surface area contributed by atoms with E-state index in [2.05, 4.69) is 108 Å². The molecule has 0 amide bonds. The Morgan fingerprint density at radius 2 is 1.67 bits per heavy atom. The second-order valence-electron chi connectivity index (χ2n) is 15.5. The van der Waals surface area contributed by atoms with Gasteiger partial charge < -0.3 is 18.7 Å². The van der Waals surface area contributed by atoms with Crippen LogP contribution in [-0.4, -0.2) is 48.8 Å². The molecular formula is C41H56O4S2Si. The van der Waals surface area contributed by atoms with Gasteiger partial charge in [0, 0.05) is 30.3 Å². The Hall–Kier alpha value is -1.74. The lowest BCUT2D eigenvalue weighted by Crippen LogP contribution is -2.68. The van der Waals surface area contributed by atoms with Crippen molar-refractivity contribution in [2.75, 3.05) is 25.2 Å². The third-order valence-electron chi connectivity index (χ3n) is 11.9. The molecule has 2 heterocycles. The topological polar surface area (TPSA) is 51.8 Å². The van der Waals surface area contributed by atoms with E-state index in [1.54, 1.807) is 0 Å². The molecule has 3 aliphatic rings. The zero-order valence-corrected chi connectivity index (χ0v) is 32.6. The Morgan fingerprint density at radius 3 is 2.21 bits per heavy atom. The Kier molecular flexibility index (Phi) is 10.9. The molecule has 1 aromatic heterocycles. The molecule has 1 unspecified atom stereocenters. The molecule has 48 heavy (non-hydrogen) atoms. The third kappa shape index (κ3) is 6.13. The highest BCUT2D eigenvalue weighted by Crippen LogP contribution is 2.61. The van der Waals surface area contributed by atoms with Crippen molar-refractivity contribution in [1.82, 2.24) is 0 Å². The first-order valence-electron chi connectivity index (χ1n) is 18.0. The Morgan fingerprint density at radius 1 is 1.04 bits per heavy atom. The maximum Gasteiger partial charge on any atom is 0.261 e. The number of aliphatic hydroxyl groups excluding tert-OH is 1.